The van der Waals surface area contributed by atoms with Gasteiger partial charge in [0.1, 0.15) is 0 Å². The van der Waals surface area contributed by atoms with Gasteiger partial charge in [-0.3, -0.25) is 14.4 Å². The van der Waals surface area contributed by atoms with Crippen molar-refractivity contribution in [3.8, 4) is 0 Å². The second-order valence-corrected chi connectivity index (χ2v) is 6.11. The molecule has 1 aliphatic heterocycles. The van der Waals surface area contributed by atoms with Crippen molar-refractivity contribution < 1.29 is 4.79 Å². The monoisotopic (exact) mass is 293 g/mol. The molecule has 0 bridgehead atoms. The fourth-order valence-corrected chi connectivity index (χ4v) is 3.26. The molecule has 1 fully saturated rings. The van der Waals surface area contributed by atoms with Crippen LogP contribution in [-0.2, 0) is 11.8 Å². The molecule has 1 aromatic heterocycles. The summed E-state index contributed by atoms with van der Waals surface area (Å²) in [6, 6.07) is 0.306. The molecule has 4 N–H and O–H groups in total. The number of nitrogens with zero attached hydrogens (tertiary/aromatic N) is 3. The van der Waals surface area contributed by atoms with E-state index in [-0.39, 0.29) is 18.0 Å². The number of aryl methyl sites for hydroxylation is 1. The number of hydrogen-bond acceptors (Lipinski definition) is 4. The molecule has 0 radical (unpaired) electrons. The van der Waals surface area contributed by atoms with Gasteiger partial charge in [-0.1, -0.05) is 6.92 Å². The van der Waals surface area contributed by atoms with E-state index in [1.807, 2.05) is 17.9 Å². The van der Waals surface area contributed by atoms with Crippen LogP contribution >= 0.6 is 0 Å². The van der Waals surface area contributed by atoms with Crippen LogP contribution in [0.3, 0.4) is 0 Å². The molecule has 1 aromatic rings. The number of nitrogens with two attached hydrogens (primary N) is 2. The van der Waals surface area contributed by atoms with Crippen LogP contribution in [0.2, 0.25) is 0 Å². The van der Waals surface area contributed by atoms with Crippen LogP contribution in [0.25, 0.3) is 0 Å². The molecule has 0 saturated carbocycles. The van der Waals surface area contributed by atoms with Crippen molar-refractivity contribution in [3.63, 3.8) is 0 Å². The van der Waals surface area contributed by atoms with Crippen LogP contribution < -0.4 is 11.5 Å². The first-order valence-electron chi connectivity index (χ1n) is 7.77. The average molecular weight is 293 g/mol. The Kier molecular flexibility index (Phi) is 5.36. The minimum Gasteiger partial charge on any atom is -0.370 e. The van der Waals surface area contributed by atoms with Gasteiger partial charge in [-0.05, 0) is 38.3 Å². The van der Waals surface area contributed by atoms with Gasteiger partial charge in [0.2, 0.25) is 5.91 Å². The van der Waals surface area contributed by atoms with Crippen LogP contribution in [0.1, 0.15) is 44.2 Å². The summed E-state index contributed by atoms with van der Waals surface area (Å²) in [4.78, 5) is 13.5. The first-order chi connectivity index (χ1) is 10.0. The van der Waals surface area contributed by atoms with Gasteiger partial charge >= 0.3 is 0 Å². The largest absolute Gasteiger partial charge is 0.370 e. The Bertz CT molecular complexity index is 464. The highest BCUT2D eigenvalue weighted by molar-refractivity contribution is 5.73. The Labute approximate surface area is 126 Å². The average Bonchev–Trinajstić information content (AvgIpc) is 2.86. The van der Waals surface area contributed by atoms with Crippen LogP contribution in [0.4, 0.5) is 0 Å². The van der Waals surface area contributed by atoms with Crippen molar-refractivity contribution in [2.75, 3.05) is 13.1 Å². The molecule has 1 saturated heterocycles. The zero-order valence-corrected chi connectivity index (χ0v) is 13.0. The van der Waals surface area contributed by atoms with E-state index in [9.17, 15) is 4.79 Å². The Morgan fingerprint density at radius 3 is 2.62 bits per heavy atom. The fourth-order valence-electron chi connectivity index (χ4n) is 3.26. The van der Waals surface area contributed by atoms with Crippen LogP contribution in [0, 0.1) is 5.92 Å². The smallest absolute Gasteiger partial charge is 0.217 e. The zero-order valence-electron chi connectivity index (χ0n) is 13.0. The van der Waals surface area contributed by atoms with E-state index < -0.39 is 0 Å². The number of carbonyl (C=O) groups excluding carboxylic acids is 1. The van der Waals surface area contributed by atoms with Crippen molar-refractivity contribution >= 4 is 5.91 Å². The molecule has 0 aliphatic carbocycles. The molecular formula is C15H27N5O. The molecule has 1 aliphatic rings. The Morgan fingerprint density at radius 2 is 2.14 bits per heavy atom. The van der Waals surface area contributed by atoms with Gasteiger partial charge in [0.05, 0.1) is 12.2 Å². The summed E-state index contributed by atoms with van der Waals surface area (Å²) in [7, 11) is 1.93. The highest BCUT2D eigenvalue weighted by atomic mass is 16.1. The van der Waals surface area contributed by atoms with Crippen LogP contribution in [0.5, 0.6) is 0 Å². The van der Waals surface area contributed by atoms with Crippen molar-refractivity contribution in [1.82, 2.24) is 14.7 Å². The Morgan fingerprint density at radius 1 is 1.48 bits per heavy atom. The van der Waals surface area contributed by atoms with E-state index in [1.54, 1.807) is 0 Å². The standard InChI is InChI=1S/C15H27N5O/c1-3-13(16)15(12-9-18-19(2)10-12)20-6-4-11(5-7-20)8-14(17)21/h9-11,13,15H,3-8,16H2,1-2H3,(H2,17,21). The number of carbonyl (C=O) groups is 1. The first kappa shape index (κ1) is 16.0. The lowest BCUT2D eigenvalue weighted by Gasteiger charge is -2.39. The molecule has 2 rings (SSSR count). The third-order valence-corrected chi connectivity index (χ3v) is 4.48. The quantitative estimate of drug-likeness (QED) is 0.811. The predicted octanol–water partition coefficient (Wildman–Crippen LogP) is 0.786. The summed E-state index contributed by atoms with van der Waals surface area (Å²) >= 11 is 0. The maximum atomic E-state index is 11.0. The molecule has 6 heteroatoms. The van der Waals surface area contributed by atoms with Gasteiger partial charge in [-0.25, -0.2) is 0 Å². The minimum atomic E-state index is -0.192. The number of hydrogen-bond donors (Lipinski definition) is 2. The SMILES string of the molecule is CCC(N)C(c1cnn(C)c1)N1CCC(CC(N)=O)CC1. The Balaban J connectivity index is 2.04. The maximum absolute atomic E-state index is 11.0. The normalized spacial score (nSPS) is 20.3. The van der Waals surface area contributed by atoms with Gasteiger partial charge in [-0.2, -0.15) is 5.10 Å². The van der Waals surface area contributed by atoms with E-state index in [4.69, 9.17) is 11.5 Å². The lowest BCUT2D eigenvalue weighted by atomic mass is 9.90. The molecule has 118 valence electrons. The van der Waals surface area contributed by atoms with Gasteiger partial charge in [0.15, 0.2) is 0 Å². The predicted molar refractivity (Wildman–Crippen MR) is 82.3 cm³/mol. The highest BCUT2D eigenvalue weighted by Crippen LogP contribution is 2.30. The van der Waals surface area contributed by atoms with Gasteiger partial charge in [-0.15, -0.1) is 0 Å². The maximum Gasteiger partial charge on any atom is 0.217 e. The van der Waals surface area contributed by atoms with Crippen molar-refractivity contribution in [2.24, 2.45) is 24.4 Å². The zero-order chi connectivity index (χ0) is 15.4. The van der Waals surface area contributed by atoms with Gasteiger partial charge in [0.25, 0.3) is 0 Å². The second kappa shape index (κ2) is 7.04. The number of likely N-dealkylation sites (tertiary alicyclic amines) is 1. The fraction of sp³-hybridized carbons (Fsp3) is 0.733. The number of primary amides is 1. The third-order valence-electron chi connectivity index (χ3n) is 4.48. The van der Waals surface area contributed by atoms with Gasteiger partial charge in [0, 0.05) is 31.3 Å². The summed E-state index contributed by atoms with van der Waals surface area (Å²) in [5.74, 6) is 0.230. The molecule has 6 nitrogen and oxygen atoms in total. The summed E-state index contributed by atoms with van der Waals surface area (Å²) in [5, 5.41) is 4.28. The Hall–Kier alpha value is -1.40. The third kappa shape index (κ3) is 4.04. The van der Waals surface area contributed by atoms with Crippen LogP contribution in [0.15, 0.2) is 12.4 Å². The van der Waals surface area contributed by atoms with Crippen LogP contribution in [-0.4, -0.2) is 39.7 Å². The minimum absolute atomic E-state index is 0.0990. The molecule has 2 atom stereocenters. The lowest BCUT2D eigenvalue weighted by Crippen LogP contribution is -2.45. The van der Waals surface area contributed by atoms with Gasteiger partial charge < -0.3 is 11.5 Å². The number of aromatic nitrogens is 2. The van der Waals surface area contributed by atoms with E-state index >= 15 is 0 Å². The van der Waals surface area contributed by atoms with E-state index in [0.29, 0.717) is 12.3 Å². The van der Waals surface area contributed by atoms with Crippen molar-refractivity contribution in [3.05, 3.63) is 18.0 Å². The van der Waals surface area contributed by atoms with E-state index in [2.05, 4.69) is 23.1 Å². The molecule has 21 heavy (non-hydrogen) atoms. The highest BCUT2D eigenvalue weighted by Gasteiger charge is 2.30. The lowest BCUT2D eigenvalue weighted by molar-refractivity contribution is -0.119. The van der Waals surface area contributed by atoms with E-state index in [0.717, 1.165) is 32.4 Å². The summed E-state index contributed by atoms with van der Waals surface area (Å²) < 4.78 is 1.82. The summed E-state index contributed by atoms with van der Waals surface area (Å²) in [6.45, 7) is 4.05. The molecule has 2 unspecified atom stereocenters. The second-order valence-electron chi connectivity index (χ2n) is 6.11. The molecule has 0 spiro atoms. The topological polar surface area (TPSA) is 90.2 Å². The summed E-state index contributed by atoms with van der Waals surface area (Å²) in [6.07, 6.45) is 7.42. The molecule has 0 aromatic carbocycles. The number of amides is 1. The molecular weight excluding hydrogens is 266 g/mol. The number of piperidine rings is 1. The molecule has 1 amide bonds. The summed E-state index contributed by atoms with van der Waals surface area (Å²) in [5.41, 5.74) is 12.8. The van der Waals surface area contributed by atoms with E-state index in [1.165, 1.54) is 5.56 Å². The van der Waals surface area contributed by atoms with Crippen molar-refractivity contribution in [1.29, 1.82) is 0 Å². The molecule has 2 heterocycles. The van der Waals surface area contributed by atoms with Crippen molar-refractivity contribution in [2.45, 2.75) is 44.7 Å². The first-order valence-corrected chi connectivity index (χ1v) is 7.77. The number of rotatable bonds is 6.